The van der Waals surface area contributed by atoms with Crippen molar-refractivity contribution in [3.05, 3.63) is 84.1 Å². The van der Waals surface area contributed by atoms with Gasteiger partial charge in [0.2, 0.25) is 0 Å². The van der Waals surface area contributed by atoms with Gasteiger partial charge < -0.3 is 10.1 Å². The number of anilines is 1. The molecule has 2 aromatic carbocycles. The Bertz CT molecular complexity index is 1100. The van der Waals surface area contributed by atoms with Crippen molar-refractivity contribution in [3.8, 4) is 17.0 Å². The Kier molecular flexibility index (Phi) is 4.34. The van der Waals surface area contributed by atoms with Gasteiger partial charge in [-0.05, 0) is 61.0 Å². The fraction of sp³-hybridized carbons (Fsp3) is 0.0909. The highest BCUT2D eigenvalue weighted by Gasteiger charge is 2.17. The van der Waals surface area contributed by atoms with E-state index in [0.29, 0.717) is 17.1 Å². The van der Waals surface area contributed by atoms with E-state index in [1.54, 1.807) is 19.2 Å². The minimum atomic E-state index is -0.173. The van der Waals surface area contributed by atoms with Crippen LogP contribution >= 0.6 is 0 Å². The van der Waals surface area contributed by atoms with Crippen LogP contribution in [0.1, 0.15) is 15.9 Å². The van der Waals surface area contributed by atoms with Gasteiger partial charge in [-0.15, -0.1) is 0 Å². The monoisotopic (exact) mass is 357 g/mol. The van der Waals surface area contributed by atoms with Gasteiger partial charge in [-0.2, -0.15) is 0 Å². The molecular weight excluding hydrogens is 338 g/mol. The lowest BCUT2D eigenvalue weighted by Gasteiger charge is -2.08. The molecule has 1 N–H and O–H groups in total. The Hall–Kier alpha value is -3.60. The molecule has 134 valence electrons. The molecular formula is C22H19N3O2. The standard InChI is InChI=1S/C22H19N3O2/c1-15-12-13-25-19(14-15)23-20(16-8-10-18(27-2)11-9-16)21(25)24-22(26)17-6-4-3-5-7-17/h3-14H,1-2H3,(H,24,26). The minimum absolute atomic E-state index is 0.173. The molecule has 0 spiro atoms. The first-order valence-corrected chi connectivity index (χ1v) is 8.65. The number of imidazole rings is 1. The number of benzene rings is 2. The van der Waals surface area contributed by atoms with Crippen LogP contribution in [0.4, 0.5) is 5.82 Å². The zero-order valence-electron chi connectivity index (χ0n) is 15.1. The summed E-state index contributed by atoms with van der Waals surface area (Å²) >= 11 is 0. The molecule has 5 heteroatoms. The van der Waals surface area contributed by atoms with E-state index in [4.69, 9.17) is 9.72 Å². The molecule has 0 saturated heterocycles. The van der Waals surface area contributed by atoms with Crippen LogP contribution in [0.25, 0.3) is 16.9 Å². The van der Waals surface area contributed by atoms with Gasteiger partial charge in [0.1, 0.15) is 22.9 Å². The molecule has 4 rings (SSSR count). The first-order chi connectivity index (χ1) is 13.2. The van der Waals surface area contributed by atoms with Crippen molar-refractivity contribution in [2.24, 2.45) is 0 Å². The Morgan fingerprint density at radius 3 is 2.48 bits per heavy atom. The van der Waals surface area contributed by atoms with Crippen LogP contribution in [0.5, 0.6) is 5.75 Å². The molecule has 2 aromatic heterocycles. The first-order valence-electron chi connectivity index (χ1n) is 8.65. The molecule has 0 saturated carbocycles. The van der Waals surface area contributed by atoms with Crippen LogP contribution in [0, 0.1) is 6.92 Å². The average molecular weight is 357 g/mol. The summed E-state index contributed by atoms with van der Waals surface area (Å²) in [6.45, 7) is 2.02. The van der Waals surface area contributed by atoms with E-state index >= 15 is 0 Å². The number of pyridine rings is 1. The average Bonchev–Trinajstić information content (AvgIpc) is 3.06. The van der Waals surface area contributed by atoms with Crippen LogP contribution in [-0.2, 0) is 0 Å². The number of carbonyl (C=O) groups is 1. The number of aryl methyl sites for hydroxylation is 1. The number of rotatable bonds is 4. The van der Waals surface area contributed by atoms with Crippen molar-refractivity contribution >= 4 is 17.4 Å². The first kappa shape index (κ1) is 16.8. The molecule has 0 atom stereocenters. The van der Waals surface area contributed by atoms with E-state index in [0.717, 1.165) is 22.5 Å². The van der Waals surface area contributed by atoms with E-state index in [-0.39, 0.29) is 5.91 Å². The molecule has 27 heavy (non-hydrogen) atoms. The van der Waals surface area contributed by atoms with Gasteiger partial charge in [-0.25, -0.2) is 4.98 Å². The number of aromatic nitrogens is 2. The molecule has 0 aliphatic carbocycles. The van der Waals surface area contributed by atoms with Gasteiger partial charge in [0.15, 0.2) is 0 Å². The van der Waals surface area contributed by atoms with Crippen molar-refractivity contribution < 1.29 is 9.53 Å². The largest absolute Gasteiger partial charge is 0.497 e. The highest BCUT2D eigenvalue weighted by atomic mass is 16.5. The molecule has 0 fully saturated rings. The third kappa shape index (κ3) is 3.27. The third-order valence-electron chi connectivity index (χ3n) is 4.41. The van der Waals surface area contributed by atoms with E-state index in [2.05, 4.69) is 5.32 Å². The predicted molar refractivity (Wildman–Crippen MR) is 106 cm³/mol. The topological polar surface area (TPSA) is 55.6 Å². The lowest BCUT2D eigenvalue weighted by Crippen LogP contribution is -2.13. The van der Waals surface area contributed by atoms with E-state index in [9.17, 15) is 4.79 Å². The van der Waals surface area contributed by atoms with E-state index < -0.39 is 0 Å². The predicted octanol–water partition coefficient (Wildman–Crippen LogP) is 4.57. The summed E-state index contributed by atoms with van der Waals surface area (Å²) in [4.78, 5) is 17.5. The fourth-order valence-corrected chi connectivity index (χ4v) is 2.99. The number of nitrogens with one attached hydrogen (secondary N) is 1. The number of fused-ring (bicyclic) bond motifs is 1. The van der Waals surface area contributed by atoms with E-state index in [1.165, 1.54) is 0 Å². The summed E-state index contributed by atoms with van der Waals surface area (Å²) in [5.74, 6) is 1.24. The second-order valence-electron chi connectivity index (χ2n) is 6.29. The number of carbonyl (C=O) groups excluding carboxylic acids is 1. The minimum Gasteiger partial charge on any atom is -0.497 e. The van der Waals surface area contributed by atoms with Gasteiger partial charge >= 0.3 is 0 Å². The molecule has 4 aromatic rings. The van der Waals surface area contributed by atoms with Crippen molar-refractivity contribution in [3.63, 3.8) is 0 Å². The number of nitrogens with zero attached hydrogens (tertiary/aromatic N) is 2. The van der Waals surface area contributed by atoms with Crippen LogP contribution in [0.15, 0.2) is 72.9 Å². The zero-order chi connectivity index (χ0) is 18.8. The smallest absolute Gasteiger partial charge is 0.256 e. The van der Waals surface area contributed by atoms with Crippen molar-refractivity contribution in [1.29, 1.82) is 0 Å². The molecule has 0 unspecified atom stereocenters. The summed E-state index contributed by atoms with van der Waals surface area (Å²) in [7, 11) is 1.63. The van der Waals surface area contributed by atoms with Crippen molar-refractivity contribution in [1.82, 2.24) is 9.38 Å². The van der Waals surface area contributed by atoms with Gasteiger partial charge in [-0.3, -0.25) is 9.20 Å². The van der Waals surface area contributed by atoms with Crippen LogP contribution < -0.4 is 10.1 Å². The van der Waals surface area contributed by atoms with Crippen molar-refractivity contribution in [2.45, 2.75) is 6.92 Å². The molecule has 0 bridgehead atoms. The summed E-state index contributed by atoms with van der Waals surface area (Å²) in [6.07, 6.45) is 1.92. The SMILES string of the molecule is COc1ccc(-c2nc3cc(C)ccn3c2NC(=O)c2ccccc2)cc1. The highest BCUT2D eigenvalue weighted by Crippen LogP contribution is 2.30. The maximum absolute atomic E-state index is 12.7. The Morgan fingerprint density at radius 2 is 1.78 bits per heavy atom. The Morgan fingerprint density at radius 1 is 1.04 bits per heavy atom. The number of methoxy groups -OCH3 is 1. The van der Waals surface area contributed by atoms with Gasteiger partial charge in [0.25, 0.3) is 5.91 Å². The number of hydrogen-bond donors (Lipinski definition) is 1. The van der Waals surface area contributed by atoms with Crippen LogP contribution in [0.2, 0.25) is 0 Å². The Labute approximate surface area is 157 Å². The van der Waals surface area contributed by atoms with Gasteiger partial charge in [-0.1, -0.05) is 18.2 Å². The number of ether oxygens (including phenoxy) is 1. The fourth-order valence-electron chi connectivity index (χ4n) is 2.99. The normalized spacial score (nSPS) is 10.7. The summed E-state index contributed by atoms with van der Waals surface area (Å²) in [5.41, 5.74) is 4.10. The molecule has 5 nitrogen and oxygen atoms in total. The maximum atomic E-state index is 12.7. The zero-order valence-corrected chi connectivity index (χ0v) is 15.1. The lowest BCUT2D eigenvalue weighted by atomic mass is 10.1. The second-order valence-corrected chi connectivity index (χ2v) is 6.29. The third-order valence-corrected chi connectivity index (χ3v) is 4.41. The summed E-state index contributed by atoms with van der Waals surface area (Å²) in [5, 5.41) is 3.03. The molecule has 0 aliphatic rings. The lowest BCUT2D eigenvalue weighted by molar-refractivity contribution is 0.102. The van der Waals surface area contributed by atoms with Crippen LogP contribution in [-0.4, -0.2) is 22.4 Å². The maximum Gasteiger partial charge on any atom is 0.256 e. The molecule has 0 aliphatic heterocycles. The van der Waals surface area contributed by atoms with Crippen molar-refractivity contribution in [2.75, 3.05) is 12.4 Å². The number of amides is 1. The van der Waals surface area contributed by atoms with Crippen LogP contribution in [0.3, 0.4) is 0 Å². The summed E-state index contributed by atoms with van der Waals surface area (Å²) < 4.78 is 7.13. The van der Waals surface area contributed by atoms with Gasteiger partial charge in [0.05, 0.1) is 7.11 Å². The van der Waals surface area contributed by atoms with E-state index in [1.807, 2.05) is 72.1 Å². The summed E-state index contributed by atoms with van der Waals surface area (Å²) in [6, 6.07) is 20.8. The molecule has 2 heterocycles. The quantitative estimate of drug-likeness (QED) is 0.582. The highest BCUT2D eigenvalue weighted by molar-refractivity contribution is 6.05. The number of hydrogen-bond acceptors (Lipinski definition) is 3. The Balaban J connectivity index is 1.82. The second kappa shape index (κ2) is 6.96. The van der Waals surface area contributed by atoms with Gasteiger partial charge in [0, 0.05) is 17.3 Å². The molecule has 0 radical (unpaired) electrons. The molecule has 1 amide bonds.